The predicted octanol–water partition coefficient (Wildman–Crippen LogP) is 10.1. The summed E-state index contributed by atoms with van der Waals surface area (Å²) in [6, 6.07) is 49.5. The SMILES string of the molecule is c1ccc(-c2nc(-c3ccc(-n4c5cccc6c7cccc8ccn(c9cccc4c9c65)c87)cc3)nc3ccccc23)cc1. The average molecular weight is 561 g/mol. The Balaban J connectivity index is 1.21. The third-order valence-corrected chi connectivity index (χ3v) is 9.09. The van der Waals surface area contributed by atoms with Crippen molar-refractivity contribution in [3.63, 3.8) is 0 Å². The summed E-state index contributed by atoms with van der Waals surface area (Å²) in [5.41, 5.74) is 9.96. The molecule has 4 nitrogen and oxygen atoms in total. The van der Waals surface area contributed by atoms with Crippen molar-refractivity contribution in [1.29, 1.82) is 0 Å². The fourth-order valence-electron chi connectivity index (χ4n) is 7.19. The van der Waals surface area contributed by atoms with Gasteiger partial charge in [0, 0.05) is 49.9 Å². The van der Waals surface area contributed by atoms with Gasteiger partial charge in [-0.25, -0.2) is 9.97 Å². The number of hydrogen-bond donors (Lipinski definition) is 0. The Morgan fingerprint density at radius 3 is 2.05 bits per heavy atom. The largest absolute Gasteiger partial charge is 0.315 e. The van der Waals surface area contributed by atoms with Crippen molar-refractivity contribution >= 4 is 59.9 Å². The first-order valence-corrected chi connectivity index (χ1v) is 14.9. The summed E-state index contributed by atoms with van der Waals surface area (Å²) in [6.07, 6.45) is 2.21. The van der Waals surface area contributed by atoms with Gasteiger partial charge in [0.2, 0.25) is 0 Å². The summed E-state index contributed by atoms with van der Waals surface area (Å²) >= 11 is 0. The van der Waals surface area contributed by atoms with Gasteiger partial charge in [-0.1, -0.05) is 84.9 Å². The van der Waals surface area contributed by atoms with E-state index in [2.05, 4.69) is 136 Å². The maximum absolute atomic E-state index is 5.09. The summed E-state index contributed by atoms with van der Waals surface area (Å²) in [5.74, 6) is 0.725. The van der Waals surface area contributed by atoms with E-state index in [1.54, 1.807) is 0 Å². The van der Waals surface area contributed by atoms with Gasteiger partial charge in [-0.15, -0.1) is 0 Å². The molecular formula is C40H24N4. The van der Waals surface area contributed by atoms with Gasteiger partial charge >= 0.3 is 0 Å². The van der Waals surface area contributed by atoms with E-state index < -0.39 is 0 Å². The molecule has 0 saturated heterocycles. The number of rotatable bonds is 3. The van der Waals surface area contributed by atoms with Crippen molar-refractivity contribution in [2.24, 2.45) is 0 Å². The molecule has 0 bridgehead atoms. The Kier molecular flexibility index (Phi) is 4.69. The van der Waals surface area contributed by atoms with Crippen molar-refractivity contribution in [2.45, 2.75) is 0 Å². The smallest absolute Gasteiger partial charge is 0.160 e. The Morgan fingerprint density at radius 1 is 0.455 bits per heavy atom. The van der Waals surface area contributed by atoms with Crippen LogP contribution >= 0.6 is 0 Å². The number of benzene rings is 6. The fourth-order valence-corrected chi connectivity index (χ4v) is 7.19. The molecule has 10 rings (SSSR count). The van der Waals surface area contributed by atoms with E-state index in [1.807, 2.05) is 18.2 Å². The second-order valence-corrected chi connectivity index (χ2v) is 11.5. The number of fused-ring (bicyclic) bond motifs is 3. The summed E-state index contributed by atoms with van der Waals surface area (Å²) in [4.78, 5) is 10.1. The lowest BCUT2D eigenvalue weighted by Crippen LogP contribution is -1.97. The third kappa shape index (κ3) is 3.17. The third-order valence-electron chi connectivity index (χ3n) is 9.09. The van der Waals surface area contributed by atoms with Crippen LogP contribution in [0.25, 0.3) is 88.2 Å². The maximum atomic E-state index is 5.09. The van der Waals surface area contributed by atoms with Gasteiger partial charge in [0.05, 0.1) is 33.3 Å². The number of aromatic nitrogens is 4. The number of para-hydroxylation sites is 2. The molecule has 0 saturated carbocycles. The van der Waals surface area contributed by atoms with Gasteiger partial charge in [0.1, 0.15) is 0 Å². The van der Waals surface area contributed by atoms with Crippen molar-refractivity contribution in [1.82, 2.24) is 18.9 Å². The van der Waals surface area contributed by atoms with Crippen LogP contribution in [0.2, 0.25) is 0 Å². The predicted molar refractivity (Wildman–Crippen MR) is 182 cm³/mol. The molecule has 0 N–H and O–H groups in total. The van der Waals surface area contributed by atoms with Crippen LogP contribution in [0, 0.1) is 0 Å². The molecule has 0 unspecified atom stereocenters. The molecule has 44 heavy (non-hydrogen) atoms. The Bertz CT molecular complexity index is 2670. The average Bonchev–Trinajstić information content (AvgIpc) is 3.64. The van der Waals surface area contributed by atoms with E-state index in [9.17, 15) is 0 Å². The van der Waals surface area contributed by atoms with Crippen LogP contribution in [0.3, 0.4) is 0 Å². The van der Waals surface area contributed by atoms with E-state index in [4.69, 9.17) is 9.97 Å². The summed E-state index contributed by atoms with van der Waals surface area (Å²) in [5, 5.41) is 7.43. The molecule has 10 aromatic rings. The zero-order valence-electron chi connectivity index (χ0n) is 23.6. The molecular weight excluding hydrogens is 536 g/mol. The lowest BCUT2D eigenvalue weighted by molar-refractivity contribution is 1.17. The Morgan fingerprint density at radius 2 is 1.16 bits per heavy atom. The Hall–Kier alpha value is -6.00. The Labute approximate surface area is 252 Å². The van der Waals surface area contributed by atoms with Gasteiger partial charge in [-0.2, -0.15) is 0 Å². The number of nitrogens with zero attached hydrogens (tertiary/aromatic N) is 4. The molecule has 0 atom stereocenters. The quantitative estimate of drug-likeness (QED) is 0.215. The van der Waals surface area contributed by atoms with Gasteiger partial charge in [0.15, 0.2) is 5.82 Å². The molecule has 0 fully saturated rings. The van der Waals surface area contributed by atoms with E-state index in [1.165, 1.54) is 49.0 Å². The van der Waals surface area contributed by atoms with Crippen LogP contribution < -0.4 is 0 Å². The van der Waals surface area contributed by atoms with E-state index in [-0.39, 0.29) is 0 Å². The highest BCUT2D eigenvalue weighted by molar-refractivity contribution is 6.28. The minimum Gasteiger partial charge on any atom is -0.315 e. The van der Waals surface area contributed by atoms with Crippen LogP contribution in [0.5, 0.6) is 0 Å². The van der Waals surface area contributed by atoms with Crippen LogP contribution in [0.15, 0.2) is 146 Å². The monoisotopic (exact) mass is 560 g/mol. The van der Waals surface area contributed by atoms with E-state index >= 15 is 0 Å². The highest BCUT2D eigenvalue weighted by atomic mass is 15.0. The second-order valence-electron chi connectivity index (χ2n) is 11.5. The maximum Gasteiger partial charge on any atom is 0.160 e. The van der Waals surface area contributed by atoms with Crippen LogP contribution in [0.4, 0.5) is 0 Å². The first-order valence-electron chi connectivity index (χ1n) is 14.9. The highest BCUT2D eigenvalue weighted by Gasteiger charge is 2.20. The minimum atomic E-state index is 0.725. The lowest BCUT2D eigenvalue weighted by atomic mass is 10.0. The first kappa shape index (κ1) is 23.6. The molecule has 0 amide bonds. The molecule has 4 aromatic heterocycles. The number of hydrogen-bond acceptors (Lipinski definition) is 2. The second kappa shape index (κ2) is 8.76. The van der Waals surface area contributed by atoms with Crippen molar-refractivity contribution in [3.8, 4) is 28.3 Å². The van der Waals surface area contributed by atoms with Crippen LogP contribution in [-0.4, -0.2) is 18.9 Å². The van der Waals surface area contributed by atoms with Crippen molar-refractivity contribution in [3.05, 3.63) is 146 Å². The zero-order chi connectivity index (χ0) is 28.8. The van der Waals surface area contributed by atoms with Gasteiger partial charge in [0.25, 0.3) is 0 Å². The van der Waals surface area contributed by atoms with Crippen LogP contribution in [0.1, 0.15) is 0 Å². The molecule has 0 aliphatic rings. The van der Waals surface area contributed by atoms with Gasteiger partial charge in [-0.3, -0.25) is 0 Å². The first-order chi connectivity index (χ1) is 21.8. The molecule has 6 aromatic carbocycles. The molecule has 0 aliphatic carbocycles. The van der Waals surface area contributed by atoms with Gasteiger partial charge in [-0.05, 0) is 60.0 Å². The standard InChI is InChI=1S/C40H24N4/c1-2-9-25(10-3-1)38-31-12-4-5-15-32(31)41-40(42-38)27-19-21-28(22-20-27)44-34-17-7-13-29-30-14-6-11-26-23-24-43(39(26)30)33-16-8-18-35(44)37(33)36(29)34/h1-24H. The van der Waals surface area contributed by atoms with E-state index in [0.717, 1.165) is 39.2 Å². The van der Waals surface area contributed by atoms with Gasteiger partial charge < -0.3 is 8.97 Å². The summed E-state index contributed by atoms with van der Waals surface area (Å²) in [7, 11) is 0. The fraction of sp³-hybridized carbons (Fsp3) is 0. The molecule has 204 valence electrons. The normalized spacial score (nSPS) is 12.1. The molecule has 4 heteroatoms. The van der Waals surface area contributed by atoms with E-state index in [0.29, 0.717) is 0 Å². The van der Waals surface area contributed by atoms with Crippen LogP contribution in [-0.2, 0) is 0 Å². The molecule has 0 spiro atoms. The zero-order valence-corrected chi connectivity index (χ0v) is 23.6. The highest BCUT2D eigenvalue weighted by Crippen LogP contribution is 2.42. The summed E-state index contributed by atoms with van der Waals surface area (Å²) in [6.45, 7) is 0. The molecule has 0 radical (unpaired) electrons. The lowest BCUT2D eigenvalue weighted by Gasteiger charge is -2.11. The summed E-state index contributed by atoms with van der Waals surface area (Å²) < 4.78 is 4.76. The molecule has 4 heterocycles. The minimum absolute atomic E-state index is 0.725. The topological polar surface area (TPSA) is 35.1 Å². The van der Waals surface area contributed by atoms with Crippen molar-refractivity contribution in [2.75, 3.05) is 0 Å². The van der Waals surface area contributed by atoms with Crippen molar-refractivity contribution < 1.29 is 0 Å². The molecule has 0 aliphatic heterocycles.